The second kappa shape index (κ2) is 6.39. The molecule has 0 fully saturated rings. The first-order valence-corrected chi connectivity index (χ1v) is 6.89. The van der Waals surface area contributed by atoms with Gasteiger partial charge in [0.2, 0.25) is 0 Å². The van der Waals surface area contributed by atoms with Crippen LogP contribution < -0.4 is 10.2 Å². The molecule has 102 valence electrons. The summed E-state index contributed by atoms with van der Waals surface area (Å²) in [5.41, 5.74) is 1.22. The van der Waals surface area contributed by atoms with Gasteiger partial charge in [-0.1, -0.05) is 11.6 Å². The average molecular weight is 270 g/mol. The minimum Gasteiger partial charge on any atom is -0.356 e. The van der Waals surface area contributed by atoms with Crippen molar-refractivity contribution < 1.29 is 0 Å². The van der Waals surface area contributed by atoms with Gasteiger partial charge in [0.15, 0.2) is 0 Å². The first-order valence-electron chi connectivity index (χ1n) is 6.51. The molecule has 0 unspecified atom stereocenters. The molecule has 0 aliphatic rings. The zero-order valence-electron chi connectivity index (χ0n) is 12.0. The predicted octanol–water partition coefficient (Wildman–Crippen LogP) is 3.47. The smallest absolute Gasteiger partial charge is 0.147 e. The maximum absolute atomic E-state index is 6.30. The fraction of sp³-hybridized carbons (Fsp3) is 0.643. The van der Waals surface area contributed by atoms with Crippen molar-refractivity contribution in [1.29, 1.82) is 0 Å². The van der Waals surface area contributed by atoms with Crippen molar-refractivity contribution in [2.24, 2.45) is 0 Å². The minimum atomic E-state index is 0.101. The average Bonchev–Trinajstić information content (AvgIpc) is 2.29. The first-order chi connectivity index (χ1) is 8.37. The standard InChI is InChI=1S/C14H24ClN3/c1-6-18(7-2)13-12(15)8-11(9-16-13)10-17-14(3,4)5/h8-9,17H,6-7,10H2,1-5H3. The van der Waals surface area contributed by atoms with Gasteiger partial charge in [-0.05, 0) is 46.2 Å². The molecular formula is C14H24ClN3. The summed E-state index contributed by atoms with van der Waals surface area (Å²) < 4.78 is 0. The van der Waals surface area contributed by atoms with E-state index in [9.17, 15) is 0 Å². The van der Waals surface area contributed by atoms with E-state index in [1.54, 1.807) is 0 Å². The van der Waals surface area contributed by atoms with E-state index in [-0.39, 0.29) is 5.54 Å². The molecule has 0 saturated heterocycles. The summed E-state index contributed by atoms with van der Waals surface area (Å²) in [5, 5.41) is 4.16. The molecule has 18 heavy (non-hydrogen) atoms. The fourth-order valence-electron chi connectivity index (χ4n) is 1.69. The van der Waals surface area contributed by atoms with Gasteiger partial charge in [-0.25, -0.2) is 4.98 Å². The number of aromatic nitrogens is 1. The number of nitrogens with one attached hydrogen (secondary N) is 1. The Bertz CT molecular complexity index is 381. The van der Waals surface area contributed by atoms with E-state index in [1.165, 1.54) is 0 Å². The molecule has 0 bridgehead atoms. The zero-order valence-corrected chi connectivity index (χ0v) is 12.8. The maximum atomic E-state index is 6.30. The van der Waals surface area contributed by atoms with Crippen molar-refractivity contribution in [2.75, 3.05) is 18.0 Å². The molecule has 0 aliphatic carbocycles. The van der Waals surface area contributed by atoms with E-state index in [4.69, 9.17) is 11.6 Å². The highest BCUT2D eigenvalue weighted by molar-refractivity contribution is 6.33. The molecule has 0 spiro atoms. The molecule has 1 N–H and O–H groups in total. The lowest BCUT2D eigenvalue weighted by atomic mass is 10.1. The second-order valence-corrected chi connectivity index (χ2v) is 5.83. The van der Waals surface area contributed by atoms with Gasteiger partial charge in [-0.15, -0.1) is 0 Å². The Hall–Kier alpha value is -0.800. The molecule has 1 rings (SSSR count). The molecule has 4 heteroatoms. The van der Waals surface area contributed by atoms with Crippen molar-refractivity contribution in [3.05, 3.63) is 22.8 Å². The van der Waals surface area contributed by atoms with Crippen LogP contribution in [0.15, 0.2) is 12.3 Å². The lowest BCUT2D eigenvalue weighted by Crippen LogP contribution is -2.35. The number of nitrogens with zero attached hydrogens (tertiary/aromatic N) is 2. The number of halogens is 1. The van der Waals surface area contributed by atoms with Crippen LogP contribution in [0.4, 0.5) is 5.82 Å². The Morgan fingerprint density at radius 3 is 2.33 bits per heavy atom. The molecule has 0 atom stereocenters. The summed E-state index contributed by atoms with van der Waals surface area (Å²) >= 11 is 6.30. The second-order valence-electron chi connectivity index (χ2n) is 5.42. The van der Waals surface area contributed by atoms with Crippen LogP contribution in [0.25, 0.3) is 0 Å². The minimum absolute atomic E-state index is 0.101. The molecule has 1 aromatic heterocycles. The van der Waals surface area contributed by atoms with Crippen LogP contribution >= 0.6 is 11.6 Å². The molecule has 1 heterocycles. The number of hydrogen-bond acceptors (Lipinski definition) is 3. The van der Waals surface area contributed by atoms with Crippen LogP contribution in [-0.4, -0.2) is 23.6 Å². The Balaban J connectivity index is 2.79. The summed E-state index contributed by atoms with van der Waals surface area (Å²) in [4.78, 5) is 6.63. The summed E-state index contributed by atoms with van der Waals surface area (Å²) in [5.74, 6) is 0.876. The summed E-state index contributed by atoms with van der Waals surface area (Å²) in [6, 6.07) is 2.00. The molecule has 0 amide bonds. The van der Waals surface area contributed by atoms with Crippen molar-refractivity contribution in [3.63, 3.8) is 0 Å². The largest absolute Gasteiger partial charge is 0.356 e. The third-order valence-electron chi connectivity index (χ3n) is 2.76. The van der Waals surface area contributed by atoms with Gasteiger partial charge in [0.25, 0.3) is 0 Å². The quantitative estimate of drug-likeness (QED) is 0.887. The zero-order chi connectivity index (χ0) is 13.8. The van der Waals surface area contributed by atoms with Gasteiger partial charge in [-0.2, -0.15) is 0 Å². The van der Waals surface area contributed by atoms with Crippen LogP contribution in [0, 0.1) is 0 Å². The highest BCUT2D eigenvalue weighted by Crippen LogP contribution is 2.24. The lowest BCUT2D eigenvalue weighted by molar-refractivity contribution is 0.424. The predicted molar refractivity (Wildman–Crippen MR) is 79.4 cm³/mol. The van der Waals surface area contributed by atoms with E-state index in [0.717, 1.165) is 36.0 Å². The van der Waals surface area contributed by atoms with Crippen LogP contribution in [0.2, 0.25) is 5.02 Å². The van der Waals surface area contributed by atoms with Crippen molar-refractivity contribution in [3.8, 4) is 0 Å². The Morgan fingerprint density at radius 2 is 1.89 bits per heavy atom. The highest BCUT2D eigenvalue weighted by Gasteiger charge is 2.12. The maximum Gasteiger partial charge on any atom is 0.147 e. The summed E-state index contributed by atoms with van der Waals surface area (Å²) in [7, 11) is 0. The molecule has 0 radical (unpaired) electrons. The Kier molecular flexibility index (Phi) is 5.42. The van der Waals surface area contributed by atoms with Gasteiger partial charge in [0, 0.05) is 31.4 Å². The molecule has 1 aromatic rings. The molecule has 0 saturated carbocycles. The molecule has 0 aliphatic heterocycles. The van der Waals surface area contributed by atoms with Crippen LogP contribution in [0.3, 0.4) is 0 Å². The van der Waals surface area contributed by atoms with Crippen molar-refractivity contribution in [1.82, 2.24) is 10.3 Å². The van der Waals surface area contributed by atoms with Gasteiger partial charge < -0.3 is 10.2 Å². The number of hydrogen-bond donors (Lipinski definition) is 1. The van der Waals surface area contributed by atoms with Crippen LogP contribution in [-0.2, 0) is 6.54 Å². The highest BCUT2D eigenvalue weighted by atomic mass is 35.5. The third kappa shape index (κ3) is 4.46. The van der Waals surface area contributed by atoms with E-state index in [1.807, 2.05) is 12.3 Å². The van der Waals surface area contributed by atoms with Crippen molar-refractivity contribution in [2.45, 2.75) is 46.7 Å². The van der Waals surface area contributed by atoms with Crippen LogP contribution in [0.1, 0.15) is 40.2 Å². The van der Waals surface area contributed by atoms with Crippen LogP contribution in [0.5, 0.6) is 0 Å². The Morgan fingerprint density at radius 1 is 1.28 bits per heavy atom. The number of anilines is 1. The Labute approximate surface area is 116 Å². The summed E-state index contributed by atoms with van der Waals surface area (Å²) in [6.45, 7) is 13.3. The normalized spacial score (nSPS) is 11.7. The molecular weight excluding hydrogens is 246 g/mol. The first kappa shape index (κ1) is 15.3. The van der Waals surface area contributed by atoms with E-state index >= 15 is 0 Å². The van der Waals surface area contributed by atoms with Gasteiger partial charge in [-0.3, -0.25) is 0 Å². The van der Waals surface area contributed by atoms with Gasteiger partial charge >= 0.3 is 0 Å². The monoisotopic (exact) mass is 269 g/mol. The van der Waals surface area contributed by atoms with E-state index in [0.29, 0.717) is 0 Å². The molecule has 0 aromatic carbocycles. The van der Waals surface area contributed by atoms with E-state index < -0.39 is 0 Å². The number of rotatable bonds is 5. The fourth-order valence-corrected chi connectivity index (χ4v) is 2.00. The molecule has 3 nitrogen and oxygen atoms in total. The number of pyridine rings is 1. The SMILES string of the molecule is CCN(CC)c1ncc(CNC(C)(C)C)cc1Cl. The third-order valence-corrected chi connectivity index (χ3v) is 3.04. The van der Waals surface area contributed by atoms with Gasteiger partial charge in [0.1, 0.15) is 5.82 Å². The lowest BCUT2D eigenvalue weighted by Gasteiger charge is -2.23. The summed E-state index contributed by atoms with van der Waals surface area (Å²) in [6.07, 6.45) is 1.90. The van der Waals surface area contributed by atoms with E-state index in [2.05, 4.69) is 49.8 Å². The van der Waals surface area contributed by atoms with Crippen molar-refractivity contribution >= 4 is 17.4 Å². The van der Waals surface area contributed by atoms with Gasteiger partial charge in [0.05, 0.1) is 5.02 Å². The topological polar surface area (TPSA) is 28.2 Å².